The summed E-state index contributed by atoms with van der Waals surface area (Å²) in [5.74, 6) is -0.961. The average Bonchev–Trinajstić information content (AvgIpc) is 2.85. The van der Waals surface area contributed by atoms with Crippen molar-refractivity contribution in [3.8, 4) is 0 Å². The number of carbonyl (C=O) groups is 2. The van der Waals surface area contributed by atoms with E-state index in [0.717, 1.165) is 25.0 Å². The Morgan fingerprint density at radius 3 is 2.86 bits per heavy atom. The number of methoxy groups -OCH3 is 1. The van der Waals surface area contributed by atoms with Crippen molar-refractivity contribution in [2.75, 3.05) is 19.0 Å². The molecule has 0 saturated heterocycles. The number of urea groups is 1. The van der Waals surface area contributed by atoms with Gasteiger partial charge in [-0.3, -0.25) is 10.1 Å². The van der Waals surface area contributed by atoms with Gasteiger partial charge in [0.1, 0.15) is 0 Å². The van der Waals surface area contributed by atoms with E-state index in [1.54, 1.807) is 0 Å². The van der Waals surface area contributed by atoms with E-state index in [0.29, 0.717) is 5.13 Å². The first-order chi connectivity index (χ1) is 10.1. The number of nitrogens with one attached hydrogen (secondary N) is 2. The lowest BCUT2D eigenvalue weighted by Gasteiger charge is -2.13. The second-order valence-electron chi connectivity index (χ2n) is 4.89. The van der Waals surface area contributed by atoms with Crippen molar-refractivity contribution in [3.63, 3.8) is 0 Å². The Kier molecular flexibility index (Phi) is 5.51. The maximum absolute atomic E-state index is 11.8. The van der Waals surface area contributed by atoms with Gasteiger partial charge in [-0.15, -0.1) is 11.3 Å². The molecule has 8 heteroatoms. The van der Waals surface area contributed by atoms with Crippen LogP contribution < -0.4 is 10.6 Å². The third-order valence-electron chi connectivity index (χ3n) is 3.29. The fourth-order valence-electron chi connectivity index (χ4n) is 2.19. The van der Waals surface area contributed by atoms with Crippen LogP contribution in [0, 0.1) is 0 Å². The summed E-state index contributed by atoms with van der Waals surface area (Å²) in [6.07, 6.45) is 3.62. The van der Waals surface area contributed by atoms with Gasteiger partial charge in [0.2, 0.25) is 0 Å². The SMILES string of the molecule is COC(CNC(=O)Nc1nc2c(s1)CCCC2)CC(=O)O. The fourth-order valence-corrected chi connectivity index (χ4v) is 3.23. The van der Waals surface area contributed by atoms with Crippen LogP contribution in [0.1, 0.15) is 29.8 Å². The van der Waals surface area contributed by atoms with Gasteiger partial charge in [-0.05, 0) is 25.7 Å². The van der Waals surface area contributed by atoms with Crippen LogP contribution in [0.4, 0.5) is 9.93 Å². The van der Waals surface area contributed by atoms with E-state index in [-0.39, 0.29) is 13.0 Å². The van der Waals surface area contributed by atoms with Crippen LogP contribution in [0.3, 0.4) is 0 Å². The Balaban J connectivity index is 1.81. The molecular weight excluding hydrogens is 294 g/mol. The monoisotopic (exact) mass is 313 g/mol. The molecule has 1 atom stereocenters. The largest absolute Gasteiger partial charge is 0.481 e. The molecule has 0 aliphatic heterocycles. The van der Waals surface area contributed by atoms with Crippen molar-refractivity contribution in [1.29, 1.82) is 0 Å². The van der Waals surface area contributed by atoms with E-state index in [9.17, 15) is 9.59 Å². The molecule has 0 saturated carbocycles. The molecule has 0 bridgehead atoms. The number of hydrogen-bond donors (Lipinski definition) is 3. The van der Waals surface area contributed by atoms with Gasteiger partial charge in [0.05, 0.1) is 18.2 Å². The highest BCUT2D eigenvalue weighted by Gasteiger charge is 2.17. The maximum Gasteiger partial charge on any atom is 0.321 e. The molecule has 7 nitrogen and oxygen atoms in total. The number of carbonyl (C=O) groups excluding carboxylic acids is 1. The molecule has 0 aromatic carbocycles. The fraction of sp³-hybridized carbons (Fsp3) is 0.615. The number of amides is 2. The predicted octanol–water partition coefficient (Wildman–Crippen LogP) is 1.63. The van der Waals surface area contributed by atoms with Gasteiger partial charge < -0.3 is 15.2 Å². The number of aryl methyl sites for hydroxylation is 2. The highest BCUT2D eigenvalue weighted by atomic mass is 32.1. The van der Waals surface area contributed by atoms with E-state index < -0.39 is 18.1 Å². The standard InChI is InChI=1S/C13H19N3O4S/c1-20-8(6-11(17)18)7-14-12(19)16-13-15-9-4-2-3-5-10(9)21-13/h8H,2-7H2,1H3,(H,17,18)(H2,14,15,16,19). The van der Waals surface area contributed by atoms with Crippen molar-refractivity contribution in [2.45, 2.75) is 38.2 Å². The van der Waals surface area contributed by atoms with E-state index >= 15 is 0 Å². The summed E-state index contributed by atoms with van der Waals surface area (Å²) >= 11 is 1.51. The number of fused-ring (bicyclic) bond motifs is 1. The van der Waals surface area contributed by atoms with Crippen molar-refractivity contribution in [3.05, 3.63) is 10.6 Å². The van der Waals surface area contributed by atoms with E-state index in [1.807, 2.05) is 0 Å². The van der Waals surface area contributed by atoms with Crippen LogP contribution in [0.5, 0.6) is 0 Å². The normalized spacial score (nSPS) is 15.1. The Morgan fingerprint density at radius 1 is 1.43 bits per heavy atom. The van der Waals surface area contributed by atoms with Gasteiger partial charge in [0.25, 0.3) is 0 Å². The Labute approximate surface area is 126 Å². The Hall–Kier alpha value is -1.67. The van der Waals surface area contributed by atoms with Crippen molar-refractivity contribution in [1.82, 2.24) is 10.3 Å². The molecule has 1 unspecified atom stereocenters. The number of aliphatic carboxylic acids is 1. The number of rotatable bonds is 6. The molecule has 0 spiro atoms. The van der Waals surface area contributed by atoms with Gasteiger partial charge >= 0.3 is 12.0 Å². The number of thiazole rings is 1. The molecule has 1 aromatic heterocycles. The van der Waals surface area contributed by atoms with Gasteiger partial charge in [-0.2, -0.15) is 0 Å². The lowest BCUT2D eigenvalue weighted by atomic mass is 10.0. The lowest BCUT2D eigenvalue weighted by Crippen LogP contribution is -2.37. The first-order valence-corrected chi connectivity index (χ1v) is 7.68. The number of aromatic nitrogens is 1. The molecule has 21 heavy (non-hydrogen) atoms. The average molecular weight is 313 g/mol. The molecule has 3 N–H and O–H groups in total. The minimum atomic E-state index is -0.961. The molecule has 2 amide bonds. The molecule has 1 aliphatic carbocycles. The summed E-state index contributed by atoms with van der Waals surface area (Å²) < 4.78 is 4.99. The third-order valence-corrected chi connectivity index (χ3v) is 4.36. The minimum absolute atomic E-state index is 0.139. The summed E-state index contributed by atoms with van der Waals surface area (Å²) in [5, 5.41) is 14.6. The van der Waals surface area contributed by atoms with Crippen LogP contribution in [-0.4, -0.2) is 41.8 Å². The Morgan fingerprint density at radius 2 is 2.19 bits per heavy atom. The van der Waals surface area contributed by atoms with Gasteiger partial charge in [0.15, 0.2) is 5.13 Å². The summed E-state index contributed by atoms with van der Waals surface area (Å²) in [4.78, 5) is 28.0. The summed E-state index contributed by atoms with van der Waals surface area (Å²) in [5.41, 5.74) is 1.09. The summed E-state index contributed by atoms with van der Waals surface area (Å²) in [7, 11) is 1.42. The van der Waals surface area contributed by atoms with Crippen LogP contribution >= 0.6 is 11.3 Å². The van der Waals surface area contributed by atoms with Gasteiger partial charge in [-0.25, -0.2) is 9.78 Å². The third kappa shape index (κ3) is 4.68. The van der Waals surface area contributed by atoms with E-state index in [2.05, 4.69) is 15.6 Å². The van der Waals surface area contributed by atoms with Gasteiger partial charge in [0, 0.05) is 18.5 Å². The van der Waals surface area contributed by atoms with Crippen molar-refractivity contribution in [2.24, 2.45) is 0 Å². The van der Waals surface area contributed by atoms with Gasteiger partial charge in [-0.1, -0.05) is 0 Å². The number of ether oxygens (including phenoxy) is 1. The van der Waals surface area contributed by atoms with Crippen LogP contribution in [0.15, 0.2) is 0 Å². The summed E-state index contributed by atoms with van der Waals surface area (Å²) in [6, 6.07) is -0.395. The van der Waals surface area contributed by atoms with E-state index in [1.165, 1.54) is 29.7 Å². The smallest absolute Gasteiger partial charge is 0.321 e. The van der Waals surface area contributed by atoms with Crippen LogP contribution in [-0.2, 0) is 22.4 Å². The zero-order valence-corrected chi connectivity index (χ0v) is 12.7. The summed E-state index contributed by atoms with van der Waals surface area (Å²) in [6.45, 7) is 0.139. The quantitative estimate of drug-likeness (QED) is 0.741. The minimum Gasteiger partial charge on any atom is -0.481 e. The number of anilines is 1. The van der Waals surface area contributed by atoms with Crippen molar-refractivity contribution >= 4 is 28.5 Å². The number of hydrogen-bond acceptors (Lipinski definition) is 5. The predicted molar refractivity (Wildman–Crippen MR) is 78.8 cm³/mol. The molecule has 2 rings (SSSR count). The molecule has 1 heterocycles. The first kappa shape index (κ1) is 15.7. The maximum atomic E-state index is 11.8. The molecule has 1 aromatic rings. The first-order valence-electron chi connectivity index (χ1n) is 6.86. The van der Waals surface area contributed by atoms with E-state index in [4.69, 9.17) is 9.84 Å². The van der Waals surface area contributed by atoms with Crippen LogP contribution in [0.25, 0.3) is 0 Å². The van der Waals surface area contributed by atoms with Crippen LogP contribution in [0.2, 0.25) is 0 Å². The molecular formula is C13H19N3O4S. The zero-order chi connectivity index (χ0) is 15.2. The zero-order valence-electron chi connectivity index (χ0n) is 11.8. The topological polar surface area (TPSA) is 101 Å². The molecule has 116 valence electrons. The molecule has 0 fully saturated rings. The highest BCUT2D eigenvalue weighted by Crippen LogP contribution is 2.29. The Bertz CT molecular complexity index is 494. The molecule has 0 radical (unpaired) electrons. The number of carboxylic acid groups (broad SMARTS) is 1. The second kappa shape index (κ2) is 7.37. The number of carboxylic acids is 1. The number of nitrogens with zero attached hydrogens (tertiary/aromatic N) is 1. The highest BCUT2D eigenvalue weighted by molar-refractivity contribution is 7.15. The molecule has 1 aliphatic rings. The van der Waals surface area contributed by atoms with Crippen molar-refractivity contribution < 1.29 is 19.4 Å². The lowest BCUT2D eigenvalue weighted by molar-refractivity contribution is -0.139. The second-order valence-corrected chi connectivity index (χ2v) is 5.97.